The van der Waals surface area contributed by atoms with Gasteiger partial charge in [-0.1, -0.05) is 51.1 Å². The Balaban J connectivity index is 2.87. The standard InChI is InChI=1S/C13H21NO/c1-12(2,3)13(15,10-14)9-11-7-5-4-6-8-11/h4-8,15H,9-10,14H2,1-3H3. The summed E-state index contributed by atoms with van der Waals surface area (Å²) in [6.07, 6.45) is 0.605. The van der Waals surface area contributed by atoms with Gasteiger partial charge in [-0.25, -0.2) is 0 Å². The highest BCUT2D eigenvalue weighted by Gasteiger charge is 2.38. The Morgan fingerprint density at radius 3 is 2.07 bits per heavy atom. The van der Waals surface area contributed by atoms with E-state index in [9.17, 15) is 5.11 Å². The molecule has 3 N–H and O–H groups in total. The highest BCUT2D eigenvalue weighted by molar-refractivity contribution is 5.18. The van der Waals surface area contributed by atoms with Crippen LogP contribution in [0.4, 0.5) is 0 Å². The molecular formula is C13H21NO. The summed E-state index contributed by atoms with van der Waals surface area (Å²) in [5, 5.41) is 10.5. The number of rotatable bonds is 3. The molecule has 0 spiro atoms. The molecule has 1 aromatic carbocycles. The molecule has 1 aromatic rings. The Bertz CT molecular complexity index is 302. The van der Waals surface area contributed by atoms with Gasteiger partial charge in [0.25, 0.3) is 0 Å². The molecule has 2 heteroatoms. The molecule has 0 saturated heterocycles. The molecule has 0 bridgehead atoms. The fraction of sp³-hybridized carbons (Fsp3) is 0.538. The second-order valence-corrected chi connectivity index (χ2v) is 5.15. The maximum absolute atomic E-state index is 10.5. The van der Waals surface area contributed by atoms with Crippen LogP contribution in [0.15, 0.2) is 30.3 Å². The van der Waals surface area contributed by atoms with E-state index < -0.39 is 5.60 Å². The third-order valence-corrected chi connectivity index (χ3v) is 3.07. The van der Waals surface area contributed by atoms with E-state index in [0.717, 1.165) is 5.56 Å². The molecule has 0 aliphatic carbocycles. The van der Waals surface area contributed by atoms with E-state index in [2.05, 4.69) is 0 Å². The summed E-state index contributed by atoms with van der Waals surface area (Å²) >= 11 is 0. The normalized spacial score (nSPS) is 16.1. The first-order chi connectivity index (χ1) is 6.89. The van der Waals surface area contributed by atoms with Crippen molar-refractivity contribution in [1.82, 2.24) is 0 Å². The zero-order valence-corrected chi connectivity index (χ0v) is 9.83. The monoisotopic (exact) mass is 207 g/mol. The largest absolute Gasteiger partial charge is 0.388 e. The van der Waals surface area contributed by atoms with Crippen LogP contribution in [0.2, 0.25) is 0 Å². The first-order valence-corrected chi connectivity index (χ1v) is 5.35. The summed E-state index contributed by atoms with van der Waals surface area (Å²) in [5.41, 5.74) is 5.77. The van der Waals surface area contributed by atoms with Crippen LogP contribution in [0.1, 0.15) is 26.3 Å². The van der Waals surface area contributed by atoms with Gasteiger partial charge in [0.15, 0.2) is 0 Å². The van der Waals surface area contributed by atoms with Crippen LogP contribution < -0.4 is 5.73 Å². The van der Waals surface area contributed by atoms with Crippen LogP contribution in [-0.2, 0) is 6.42 Å². The number of benzene rings is 1. The Labute approximate surface area is 92.1 Å². The third-order valence-electron chi connectivity index (χ3n) is 3.07. The number of hydrogen-bond acceptors (Lipinski definition) is 2. The fourth-order valence-electron chi connectivity index (χ4n) is 1.58. The van der Waals surface area contributed by atoms with Gasteiger partial charge < -0.3 is 10.8 Å². The van der Waals surface area contributed by atoms with Crippen molar-refractivity contribution in [1.29, 1.82) is 0 Å². The van der Waals surface area contributed by atoms with Crippen LogP contribution in [-0.4, -0.2) is 17.3 Å². The lowest BCUT2D eigenvalue weighted by Crippen LogP contribution is -2.50. The van der Waals surface area contributed by atoms with Gasteiger partial charge >= 0.3 is 0 Å². The molecule has 1 atom stereocenters. The van der Waals surface area contributed by atoms with E-state index in [1.807, 2.05) is 51.1 Å². The molecule has 0 aliphatic rings. The van der Waals surface area contributed by atoms with Crippen molar-refractivity contribution in [2.45, 2.75) is 32.8 Å². The summed E-state index contributed by atoms with van der Waals surface area (Å²) in [6.45, 7) is 6.33. The van der Waals surface area contributed by atoms with E-state index in [4.69, 9.17) is 5.73 Å². The van der Waals surface area contributed by atoms with Crippen molar-refractivity contribution in [2.75, 3.05) is 6.54 Å². The smallest absolute Gasteiger partial charge is 0.0857 e. The van der Waals surface area contributed by atoms with Gasteiger partial charge in [-0.3, -0.25) is 0 Å². The predicted molar refractivity (Wildman–Crippen MR) is 63.6 cm³/mol. The van der Waals surface area contributed by atoms with Gasteiger partial charge in [-0.05, 0) is 11.0 Å². The average Bonchev–Trinajstić information content (AvgIpc) is 2.17. The van der Waals surface area contributed by atoms with Crippen LogP contribution in [0.3, 0.4) is 0 Å². The van der Waals surface area contributed by atoms with E-state index >= 15 is 0 Å². The van der Waals surface area contributed by atoms with Crippen molar-refractivity contribution in [3.8, 4) is 0 Å². The van der Waals surface area contributed by atoms with Gasteiger partial charge in [0.2, 0.25) is 0 Å². The van der Waals surface area contributed by atoms with E-state index in [0.29, 0.717) is 6.42 Å². The number of hydrogen-bond donors (Lipinski definition) is 2. The van der Waals surface area contributed by atoms with Crippen LogP contribution in [0, 0.1) is 5.41 Å². The van der Waals surface area contributed by atoms with E-state index in [1.54, 1.807) is 0 Å². The molecule has 0 saturated carbocycles. The number of nitrogens with two attached hydrogens (primary N) is 1. The number of aliphatic hydroxyl groups is 1. The minimum Gasteiger partial charge on any atom is -0.388 e. The second-order valence-electron chi connectivity index (χ2n) is 5.15. The second kappa shape index (κ2) is 4.33. The summed E-state index contributed by atoms with van der Waals surface area (Å²) in [7, 11) is 0. The average molecular weight is 207 g/mol. The molecule has 0 radical (unpaired) electrons. The molecule has 0 fully saturated rings. The minimum atomic E-state index is -0.839. The molecular weight excluding hydrogens is 186 g/mol. The predicted octanol–water partition coefficient (Wildman–Crippen LogP) is 1.97. The molecule has 0 heterocycles. The quantitative estimate of drug-likeness (QED) is 0.796. The summed E-state index contributed by atoms with van der Waals surface area (Å²) < 4.78 is 0. The lowest BCUT2D eigenvalue weighted by atomic mass is 9.73. The van der Waals surface area contributed by atoms with Gasteiger partial charge in [0, 0.05) is 13.0 Å². The molecule has 0 aliphatic heterocycles. The first kappa shape index (κ1) is 12.2. The Hall–Kier alpha value is -0.860. The van der Waals surface area contributed by atoms with Gasteiger partial charge in [0.1, 0.15) is 0 Å². The van der Waals surface area contributed by atoms with Crippen molar-refractivity contribution in [3.63, 3.8) is 0 Å². The summed E-state index contributed by atoms with van der Waals surface area (Å²) in [5.74, 6) is 0. The van der Waals surface area contributed by atoms with Crippen molar-refractivity contribution >= 4 is 0 Å². The highest BCUT2D eigenvalue weighted by atomic mass is 16.3. The van der Waals surface area contributed by atoms with Gasteiger partial charge in [-0.2, -0.15) is 0 Å². The zero-order chi connectivity index (χ0) is 11.5. The molecule has 0 amide bonds. The van der Waals surface area contributed by atoms with Gasteiger partial charge in [-0.15, -0.1) is 0 Å². The fourth-order valence-corrected chi connectivity index (χ4v) is 1.58. The molecule has 2 nitrogen and oxygen atoms in total. The van der Waals surface area contributed by atoms with Crippen LogP contribution in [0.25, 0.3) is 0 Å². The summed E-state index contributed by atoms with van der Waals surface area (Å²) in [6, 6.07) is 9.98. The lowest BCUT2D eigenvalue weighted by Gasteiger charge is -2.39. The van der Waals surface area contributed by atoms with E-state index in [1.165, 1.54) is 0 Å². The molecule has 15 heavy (non-hydrogen) atoms. The summed E-state index contributed by atoms with van der Waals surface area (Å²) in [4.78, 5) is 0. The molecule has 84 valence electrons. The van der Waals surface area contributed by atoms with Crippen molar-refractivity contribution in [3.05, 3.63) is 35.9 Å². The maximum atomic E-state index is 10.5. The van der Waals surface area contributed by atoms with Crippen molar-refractivity contribution in [2.24, 2.45) is 11.1 Å². The van der Waals surface area contributed by atoms with E-state index in [-0.39, 0.29) is 12.0 Å². The van der Waals surface area contributed by atoms with Crippen LogP contribution in [0.5, 0.6) is 0 Å². The van der Waals surface area contributed by atoms with Crippen molar-refractivity contribution < 1.29 is 5.11 Å². The minimum absolute atomic E-state index is 0.211. The SMILES string of the molecule is CC(C)(C)C(O)(CN)Cc1ccccc1. The highest BCUT2D eigenvalue weighted by Crippen LogP contribution is 2.32. The van der Waals surface area contributed by atoms with Crippen LogP contribution >= 0.6 is 0 Å². The Morgan fingerprint density at radius 1 is 1.13 bits per heavy atom. The first-order valence-electron chi connectivity index (χ1n) is 5.35. The Kier molecular flexibility index (Phi) is 3.53. The molecule has 1 rings (SSSR count). The Morgan fingerprint density at radius 2 is 1.67 bits per heavy atom. The maximum Gasteiger partial charge on any atom is 0.0857 e. The topological polar surface area (TPSA) is 46.2 Å². The third kappa shape index (κ3) is 2.80. The molecule has 1 unspecified atom stereocenters. The van der Waals surface area contributed by atoms with Gasteiger partial charge in [0.05, 0.1) is 5.60 Å². The lowest BCUT2D eigenvalue weighted by molar-refractivity contribution is -0.0490. The molecule has 0 aromatic heterocycles. The zero-order valence-electron chi connectivity index (χ0n) is 9.83.